The number of cyclic esters (lactones) is 1. The number of hydrogen-bond donors (Lipinski definition) is 2. The van der Waals surface area contributed by atoms with Crippen LogP contribution in [0.3, 0.4) is 0 Å². The van der Waals surface area contributed by atoms with Gasteiger partial charge in [-0.15, -0.1) is 0 Å². The summed E-state index contributed by atoms with van der Waals surface area (Å²) in [4.78, 5) is 10.6. The fourth-order valence-corrected chi connectivity index (χ4v) is 0.915. The molecule has 72 valence electrons. The van der Waals surface area contributed by atoms with Gasteiger partial charge in [-0.1, -0.05) is 13.8 Å². The molecule has 0 aromatic carbocycles. The predicted octanol–water partition coefficient (Wildman–Crippen LogP) is 0.892. The van der Waals surface area contributed by atoms with Gasteiger partial charge in [0, 0.05) is 0 Å². The predicted molar refractivity (Wildman–Crippen MR) is 45.9 cm³/mol. The summed E-state index contributed by atoms with van der Waals surface area (Å²) in [6.45, 7) is 7.48. The molecule has 0 aliphatic carbocycles. The van der Waals surface area contributed by atoms with Crippen molar-refractivity contribution in [1.29, 1.82) is 0 Å². The fraction of sp³-hybridized carbons (Fsp3) is 0.875. The third kappa shape index (κ3) is 2.37. The van der Waals surface area contributed by atoms with Gasteiger partial charge in [0.2, 0.25) is 0 Å². The molecule has 4 nitrogen and oxygen atoms in total. The van der Waals surface area contributed by atoms with E-state index >= 15 is 0 Å². The largest absolute Gasteiger partial charge is 0.441 e. The van der Waals surface area contributed by atoms with E-state index in [9.17, 15) is 4.79 Å². The topological polar surface area (TPSA) is 58.6 Å². The molecule has 0 radical (unpaired) electrons. The van der Waals surface area contributed by atoms with Crippen LogP contribution in [0.2, 0.25) is 0 Å². The molecule has 1 aliphatic rings. The molecule has 2 N–H and O–H groups in total. The molecule has 1 fully saturated rings. The summed E-state index contributed by atoms with van der Waals surface area (Å²) in [5.74, 6) is 0. The molecule has 0 saturated carbocycles. The van der Waals surface area contributed by atoms with E-state index < -0.39 is 17.7 Å². The van der Waals surface area contributed by atoms with Crippen molar-refractivity contribution in [3.05, 3.63) is 0 Å². The summed E-state index contributed by atoms with van der Waals surface area (Å²) in [6, 6.07) is 0. The molecule has 1 heterocycles. The number of nitrogens with one attached hydrogen (secondary N) is 1. The number of amides is 1. The zero-order valence-electron chi connectivity index (χ0n) is 8.05. The third-order valence-corrected chi connectivity index (χ3v) is 1.64. The van der Waals surface area contributed by atoms with Gasteiger partial charge < -0.3 is 15.2 Å². The maximum Gasteiger partial charge on any atom is 0.408 e. The van der Waals surface area contributed by atoms with Crippen LogP contribution in [0.5, 0.6) is 0 Å². The molecule has 1 saturated heterocycles. The summed E-state index contributed by atoms with van der Waals surface area (Å²) in [5.41, 5.74) is -0.439. The highest BCUT2D eigenvalue weighted by molar-refractivity contribution is 5.71. The van der Waals surface area contributed by atoms with Crippen molar-refractivity contribution >= 4 is 6.09 Å². The second-order valence-electron chi connectivity index (χ2n) is 2.92. The van der Waals surface area contributed by atoms with Crippen LogP contribution >= 0.6 is 0 Å². The first-order valence-electron chi connectivity index (χ1n) is 4.16. The summed E-state index contributed by atoms with van der Waals surface area (Å²) in [6.07, 6.45) is -0.871. The van der Waals surface area contributed by atoms with Gasteiger partial charge >= 0.3 is 6.09 Å². The van der Waals surface area contributed by atoms with E-state index in [1.54, 1.807) is 13.8 Å². The Morgan fingerprint density at radius 1 is 1.58 bits per heavy atom. The van der Waals surface area contributed by atoms with Gasteiger partial charge in [0.25, 0.3) is 0 Å². The summed E-state index contributed by atoms with van der Waals surface area (Å²) in [5, 5.41) is 11.3. The lowest BCUT2D eigenvalue weighted by Gasteiger charge is -2.20. The summed E-state index contributed by atoms with van der Waals surface area (Å²) < 4.78 is 4.73. The Kier molecular flexibility index (Phi) is 4.03. The second kappa shape index (κ2) is 4.30. The molecule has 1 aliphatic heterocycles. The van der Waals surface area contributed by atoms with Gasteiger partial charge in [0.15, 0.2) is 0 Å². The van der Waals surface area contributed by atoms with E-state index in [1.807, 2.05) is 13.8 Å². The van der Waals surface area contributed by atoms with Crippen molar-refractivity contribution in [2.75, 3.05) is 6.61 Å². The fourth-order valence-electron chi connectivity index (χ4n) is 0.915. The van der Waals surface area contributed by atoms with Gasteiger partial charge in [-0.3, -0.25) is 0 Å². The molecule has 1 amide bonds. The lowest BCUT2D eigenvalue weighted by molar-refractivity contribution is 0.0657. The number of rotatable bonds is 1. The Morgan fingerprint density at radius 2 is 2.08 bits per heavy atom. The van der Waals surface area contributed by atoms with Crippen molar-refractivity contribution in [2.45, 2.75) is 39.3 Å². The molecular weight excluding hydrogens is 158 g/mol. The lowest BCUT2D eigenvalue weighted by atomic mass is 10.00. The van der Waals surface area contributed by atoms with Crippen molar-refractivity contribution < 1.29 is 14.6 Å². The van der Waals surface area contributed by atoms with Crippen LogP contribution < -0.4 is 5.32 Å². The number of alkyl carbamates (subject to hydrolysis) is 1. The van der Waals surface area contributed by atoms with Crippen molar-refractivity contribution in [2.24, 2.45) is 0 Å². The Hall–Kier alpha value is -0.770. The quantitative estimate of drug-likeness (QED) is 0.622. The van der Waals surface area contributed by atoms with Crippen LogP contribution in [0.4, 0.5) is 4.79 Å². The lowest BCUT2D eigenvalue weighted by Crippen LogP contribution is -2.43. The van der Waals surface area contributed by atoms with Crippen molar-refractivity contribution in [3.63, 3.8) is 0 Å². The maximum absolute atomic E-state index is 10.6. The van der Waals surface area contributed by atoms with Crippen LogP contribution in [-0.2, 0) is 4.74 Å². The highest BCUT2D eigenvalue weighted by atomic mass is 16.6. The third-order valence-electron chi connectivity index (χ3n) is 1.64. The monoisotopic (exact) mass is 175 g/mol. The minimum atomic E-state index is -0.455. The minimum absolute atomic E-state index is 0.133. The van der Waals surface area contributed by atoms with Crippen molar-refractivity contribution in [3.8, 4) is 0 Å². The Balaban J connectivity index is 0.000000561. The van der Waals surface area contributed by atoms with Crippen LogP contribution in [0.1, 0.15) is 27.7 Å². The zero-order chi connectivity index (χ0) is 9.78. The van der Waals surface area contributed by atoms with E-state index in [-0.39, 0.29) is 6.61 Å². The summed E-state index contributed by atoms with van der Waals surface area (Å²) >= 11 is 0. The van der Waals surface area contributed by atoms with E-state index in [1.165, 1.54) is 0 Å². The molecule has 1 rings (SSSR count). The number of carbonyl (C=O) groups is 1. The van der Waals surface area contributed by atoms with Crippen LogP contribution in [0, 0.1) is 0 Å². The SMILES string of the molecule is CC.CC1(C)NC(=O)OC1CO. The van der Waals surface area contributed by atoms with E-state index in [0.29, 0.717) is 0 Å². The standard InChI is InChI=1S/C6H11NO3.C2H6/c1-6(2)4(3-8)10-5(9)7-6;1-2/h4,8H,3H2,1-2H3,(H,7,9);1-2H3. The van der Waals surface area contributed by atoms with E-state index in [2.05, 4.69) is 5.32 Å². The molecular formula is C8H17NO3. The average Bonchev–Trinajstić information content (AvgIpc) is 2.27. The van der Waals surface area contributed by atoms with Crippen LogP contribution in [0.15, 0.2) is 0 Å². The van der Waals surface area contributed by atoms with Gasteiger partial charge in [0.1, 0.15) is 6.10 Å². The van der Waals surface area contributed by atoms with Gasteiger partial charge in [-0.05, 0) is 13.8 Å². The number of aliphatic hydroxyl groups is 1. The number of aliphatic hydroxyl groups excluding tert-OH is 1. The van der Waals surface area contributed by atoms with Crippen LogP contribution in [-0.4, -0.2) is 29.4 Å². The average molecular weight is 175 g/mol. The molecule has 0 bridgehead atoms. The van der Waals surface area contributed by atoms with E-state index in [0.717, 1.165) is 0 Å². The highest BCUT2D eigenvalue weighted by Crippen LogP contribution is 2.18. The number of ether oxygens (including phenoxy) is 1. The first-order valence-corrected chi connectivity index (χ1v) is 4.16. The Bertz CT molecular complexity index is 156. The molecule has 0 aromatic heterocycles. The molecule has 1 atom stereocenters. The highest BCUT2D eigenvalue weighted by Gasteiger charge is 2.40. The second-order valence-corrected chi connectivity index (χ2v) is 2.92. The molecule has 0 aromatic rings. The zero-order valence-corrected chi connectivity index (χ0v) is 8.05. The molecule has 4 heteroatoms. The molecule has 12 heavy (non-hydrogen) atoms. The maximum atomic E-state index is 10.6. The van der Waals surface area contributed by atoms with E-state index in [4.69, 9.17) is 9.84 Å². The summed E-state index contributed by atoms with van der Waals surface area (Å²) in [7, 11) is 0. The van der Waals surface area contributed by atoms with Gasteiger partial charge in [-0.2, -0.15) is 0 Å². The Labute approximate surface area is 72.9 Å². The molecule has 0 spiro atoms. The number of carbonyl (C=O) groups excluding carboxylic acids is 1. The normalized spacial score (nSPS) is 25.1. The smallest absolute Gasteiger partial charge is 0.408 e. The Morgan fingerprint density at radius 3 is 2.25 bits per heavy atom. The van der Waals surface area contributed by atoms with Gasteiger partial charge in [-0.25, -0.2) is 4.79 Å². The first kappa shape index (κ1) is 11.2. The van der Waals surface area contributed by atoms with Crippen LogP contribution in [0.25, 0.3) is 0 Å². The number of hydrogen-bond acceptors (Lipinski definition) is 3. The van der Waals surface area contributed by atoms with Crippen molar-refractivity contribution in [1.82, 2.24) is 5.32 Å². The minimum Gasteiger partial charge on any atom is -0.441 e. The first-order chi connectivity index (χ1) is 5.56. The van der Waals surface area contributed by atoms with Gasteiger partial charge in [0.05, 0.1) is 12.1 Å². The molecule has 1 unspecified atom stereocenters.